The summed E-state index contributed by atoms with van der Waals surface area (Å²) in [7, 11) is 0. The fourth-order valence-electron chi connectivity index (χ4n) is 1.42. The van der Waals surface area contributed by atoms with E-state index in [1.807, 2.05) is 19.9 Å². The molecule has 0 amide bonds. The van der Waals surface area contributed by atoms with Gasteiger partial charge in [0.05, 0.1) is 17.9 Å². The number of aliphatic hydroxyl groups is 1. The van der Waals surface area contributed by atoms with Crippen molar-refractivity contribution in [1.82, 2.24) is 4.98 Å². The van der Waals surface area contributed by atoms with Crippen molar-refractivity contribution >= 4 is 5.82 Å². The summed E-state index contributed by atoms with van der Waals surface area (Å²) in [5.74, 6) is 0.720. The molecule has 0 bridgehead atoms. The molecule has 0 radical (unpaired) electrons. The van der Waals surface area contributed by atoms with Gasteiger partial charge in [-0.1, -0.05) is 6.92 Å². The molecule has 0 spiro atoms. The Morgan fingerprint density at radius 3 is 2.87 bits per heavy atom. The molecule has 0 saturated heterocycles. The monoisotopic (exact) mass is 205 g/mol. The fraction of sp³-hybridized carbons (Fsp3) is 0.455. The summed E-state index contributed by atoms with van der Waals surface area (Å²) in [6, 6.07) is 3.99. The summed E-state index contributed by atoms with van der Waals surface area (Å²) in [5, 5.41) is 20.6. The molecule has 0 atom stereocenters. The second kappa shape index (κ2) is 5.32. The van der Waals surface area contributed by atoms with Gasteiger partial charge in [-0.3, -0.25) is 0 Å². The van der Waals surface area contributed by atoms with E-state index >= 15 is 0 Å². The Balaban J connectivity index is 3.04. The fourth-order valence-corrected chi connectivity index (χ4v) is 1.42. The topological polar surface area (TPSA) is 68.9 Å². The summed E-state index contributed by atoms with van der Waals surface area (Å²) in [5.41, 5.74) is 2.38. The van der Waals surface area contributed by atoms with Crippen molar-refractivity contribution < 1.29 is 5.11 Å². The lowest BCUT2D eigenvalue weighted by Gasteiger charge is -2.09. The number of aromatic nitrogens is 1. The van der Waals surface area contributed by atoms with E-state index in [0.717, 1.165) is 23.5 Å². The molecule has 0 aliphatic rings. The normalized spacial score (nSPS) is 9.73. The van der Waals surface area contributed by atoms with Crippen molar-refractivity contribution in [3.63, 3.8) is 0 Å². The van der Waals surface area contributed by atoms with Gasteiger partial charge in [0.15, 0.2) is 0 Å². The van der Waals surface area contributed by atoms with Crippen molar-refractivity contribution in [2.24, 2.45) is 0 Å². The molecule has 0 aliphatic carbocycles. The van der Waals surface area contributed by atoms with E-state index in [1.165, 1.54) is 0 Å². The van der Waals surface area contributed by atoms with Crippen LogP contribution in [0.5, 0.6) is 0 Å². The molecular formula is C11H15N3O. The lowest BCUT2D eigenvalue weighted by Crippen LogP contribution is -2.09. The first-order valence-corrected chi connectivity index (χ1v) is 4.98. The third-order valence-electron chi connectivity index (χ3n) is 2.16. The van der Waals surface area contributed by atoms with Gasteiger partial charge in [-0.15, -0.1) is 0 Å². The van der Waals surface area contributed by atoms with E-state index in [4.69, 9.17) is 10.4 Å². The van der Waals surface area contributed by atoms with Crippen LogP contribution in [-0.4, -0.2) is 23.2 Å². The second-order valence-corrected chi connectivity index (χ2v) is 3.26. The molecule has 0 aromatic carbocycles. The lowest BCUT2D eigenvalue weighted by atomic mass is 10.1. The predicted molar refractivity (Wildman–Crippen MR) is 58.6 cm³/mol. The molecule has 15 heavy (non-hydrogen) atoms. The largest absolute Gasteiger partial charge is 0.395 e. The Morgan fingerprint density at radius 1 is 1.60 bits per heavy atom. The number of anilines is 1. The molecule has 0 unspecified atom stereocenters. The lowest BCUT2D eigenvalue weighted by molar-refractivity contribution is 0.311. The summed E-state index contributed by atoms with van der Waals surface area (Å²) in [4.78, 5) is 4.32. The minimum atomic E-state index is 0.0716. The average molecular weight is 205 g/mol. The first-order valence-electron chi connectivity index (χ1n) is 4.98. The number of nitrogens with one attached hydrogen (secondary N) is 1. The zero-order valence-electron chi connectivity index (χ0n) is 9.04. The molecule has 80 valence electrons. The van der Waals surface area contributed by atoms with Gasteiger partial charge < -0.3 is 10.4 Å². The molecule has 0 aliphatic heterocycles. The summed E-state index contributed by atoms with van der Waals surface area (Å²) < 4.78 is 0. The number of pyridine rings is 1. The Kier molecular flexibility index (Phi) is 4.07. The zero-order chi connectivity index (χ0) is 11.3. The van der Waals surface area contributed by atoms with Crippen molar-refractivity contribution in [2.45, 2.75) is 20.3 Å². The van der Waals surface area contributed by atoms with Gasteiger partial charge in [-0.2, -0.15) is 5.26 Å². The molecule has 4 heteroatoms. The van der Waals surface area contributed by atoms with Gasteiger partial charge in [0.2, 0.25) is 0 Å². The number of hydrogen-bond donors (Lipinski definition) is 2. The third kappa shape index (κ3) is 2.67. The Labute approximate surface area is 89.6 Å². The van der Waals surface area contributed by atoms with Gasteiger partial charge >= 0.3 is 0 Å². The maximum absolute atomic E-state index is 8.95. The molecule has 1 aromatic rings. The van der Waals surface area contributed by atoms with Gasteiger partial charge in [-0.25, -0.2) is 4.98 Å². The van der Waals surface area contributed by atoms with Crippen molar-refractivity contribution in [3.8, 4) is 6.07 Å². The molecule has 2 N–H and O–H groups in total. The Morgan fingerprint density at radius 2 is 2.33 bits per heavy atom. The molecule has 1 rings (SSSR count). The molecule has 1 aromatic heterocycles. The minimum absolute atomic E-state index is 0.0716. The van der Waals surface area contributed by atoms with E-state index in [2.05, 4.69) is 16.4 Å². The molecular weight excluding hydrogens is 190 g/mol. The predicted octanol–water partition coefficient (Wildman–Crippen LogP) is 1.23. The van der Waals surface area contributed by atoms with Crippen LogP contribution in [0, 0.1) is 18.3 Å². The van der Waals surface area contributed by atoms with Crippen LogP contribution in [-0.2, 0) is 6.42 Å². The average Bonchev–Trinajstić information content (AvgIpc) is 2.25. The van der Waals surface area contributed by atoms with E-state index in [1.54, 1.807) is 0 Å². The van der Waals surface area contributed by atoms with Gasteiger partial charge in [-0.05, 0) is 25.0 Å². The number of aryl methyl sites for hydroxylation is 2. The van der Waals surface area contributed by atoms with Crippen molar-refractivity contribution in [2.75, 3.05) is 18.5 Å². The van der Waals surface area contributed by atoms with Crippen molar-refractivity contribution in [1.29, 1.82) is 5.26 Å². The van der Waals surface area contributed by atoms with Crippen LogP contribution in [0.3, 0.4) is 0 Å². The Hall–Kier alpha value is -1.60. The number of nitriles is 1. The van der Waals surface area contributed by atoms with Gasteiger partial charge in [0.25, 0.3) is 0 Å². The Bertz CT molecular complexity index is 382. The third-order valence-corrected chi connectivity index (χ3v) is 2.16. The summed E-state index contributed by atoms with van der Waals surface area (Å²) in [6.45, 7) is 4.41. The number of hydrogen-bond acceptors (Lipinski definition) is 4. The SMILES string of the molecule is CCc1nc(NCCO)cc(C)c1C#N. The molecule has 0 fully saturated rings. The standard InChI is InChI=1S/C11H15N3O/c1-3-10-9(7-12)8(2)6-11(14-10)13-4-5-15/h6,15H,3-5H2,1-2H3,(H,13,14). The zero-order valence-corrected chi connectivity index (χ0v) is 9.04. The van der Waals surface area contributed by atoms with Crippen LogP contribution in [0.2, 0.25) is 0 Å². The van der Waals surface area contributed by atoms with Crippen LogP contribution >= 0.6 is 0 Å². The van der Waals surface area contributed by atoms with Crippen LogP contribution in [0.25, 0.3) is 0 Å². The van der Waals surface area contributed by atoms with Crippen molar-refractivity contribution in [3.05, 3.63) is 22.9 Å². The van der Waals surface area contributed by atoms with E-state index in [9.17, 15) is 0 Å². The highest BCUT2D eigenvalue weighted by Gasteiger charge is 2.07. The van der Waals surface area contributed by atoms with Crippen LogP contribution in [0.15, 0.2) is 6.07 Å². The van der Waals surface area contributed by atoms with Crippen LogP contribution in [0.1, 0.15) is 23.7 Å². The highest BCUT2D eigenvalue weighted by molar-refractivity contribution is 5.49. The van der Waals surface area contributed by atoms with E-state index in [-0.39, 0.29) is 6.61 Å². The van der Waals surface area contributed by atoms with Gasteiger partial charge in [0, 0.05) is 6.54 Å². The highest BCUT2D eigenvalue weighted by atomic mass is 16.3. The molecule has 1 heterocycles. The number of aliphatic hydroxyl groups excluding tert-OH is 1. The van der Waals surface area contributed by atoms with E-state index < -0.39 is 0 Å². The first-order chi connectivity index (χ1) is 7.22. The number of nitrogens with zero attached hydrogens (tertiary/aromatic N) is 2. The van der Waals surface area contributed by atoms with Crippen LogP contribution in [0.4, 0.5) is 5.82 Å². The molecule has 0 saturated carbocycles. The quantitative estimate of drug-likeness (QED) is 0.775. The maximum Gasteiger partial charge on any atom is 0.126 e. The second-order valence-electron chi connectivity index (χ2n) is 3.26. The van der Waals surface area contributed by atoms with Gasteiger partial charge in [0.1, 0.15) is 11.9 Å². The maximum atomic E-state index is 8.95. The number of rotatable bonds is 4. The summed E-state index contributed by atoms with van der Waals surface area (Å²) in [6.07, 6.45) is 0.735. The first kappa shape index (κ1) is 11.5. The van der Waals surface area contributed by atoms with E-state index in [0.29, 0.717) is 12.1 Å². The highest BCUT2D eigenvalue weighted by Crippen LogP contribution is 2.16. The van der Waals surface area contributed by atoms with Crippen LogP contribution < -0.4 is 5.32 Å². The molecule has 4 nitrogen and oxygen atoms in total. The minimum Gasteiger partial charge on any atom is -0.395 e. The smallest absolute Gasteiger partial charge is 0.126 e. The summed E-state index contributed by atoms with van der Waals surface area (Å²) >= 11 is 0.